The van der Waals surface area contributed by atoms with Gasteiger partial charge in [-0.15, -0.1) is 12.6 Å². The third-order valence-electron chi connectivity index (χ3n) is 0.694. The molecular formula is C3H5N2NaO2S2. The normalized spacial score (nSPS) is 16.1. The van der Waals surface area contributed by atoms with Gasteiger partial charge in [-0.1, -0.05) is 0 Å². The fourth-order valence-electron chi connectivity index (χ4n) is 0.353. The Morgan fingerprint density at radius 1 is 2.00 bits per heavy atom. The van der Waals surface area contributed by atoms with Gasteiger partial charge in [0.05, 0.1) is 10.4 Å². The molecule has 10 heavy (non-hydrogen) atoms. The summed E-state index contributed by atoms with van der Waals surface area (Å²) in [7, 11) is 0. The molecule has 0 aliphatic carbocycles. The topological polar surface area (TPSA) is 52.6 Å². The molecule has 0 radical (unpaired) electrons. The Bertz CT molecular complexity index is 179. The second-order valence-electron chi connectivity index (χ2n) is 1.31. The number of rotatable bonds is 0. The third-order valence-corrected chi connectivity index (χ3v) is 1.69. The van der Waals surface area contributed by atoms with Crippen molar-refractivity contribution in [3.8, 4) is 0 Å². The zero-order chi connectivity index (χ0) is 6.85. The van der Waals surface area contributed by atoms with E-state index in [9.17, 15) is 4.79 Å². The first-order valence-electron chi connectivity index (χ1n) is 2.05. The quantitative estimate of drug-likeness (QED) is 0.233. The molecule has 0 saturated heterocycles. The maximum atomic E-state index is 10.1. The van der Waals surface area contributed by atoms with Crippen LogP contribution in [0.3, 0.4) is 0 Å². The van der Waals surface area contributed by atoms with Crippen molar-refractivity contribution in [2.75, 3.05) is 0 Å². The zero-order valence-corrected chi connectivity index (χ0v) is 8.95. The van der Waals surface area contributed by atoms with Gasteiger partial charge < -0.3 is 6.53 Å². The van der Waals surface area contributed by atoms with Crippen molar-refractivity contribution in [2.45, 2.75) is 0 Å². The molecular weight excluding hydrogens is 183 g/mol. The minimum Gasteiger partial charge on any atom is -1.00 e. The van der Waals surface area contributed by atoms with Crippen LogP contribution in [0.15, 0.2) is 10.4 Å². The summed E-state index contributed by atoms with van der Waals surface area (Å²) < 4.78 is 0.636. The minimum absolute atomic E-state index is 0. The van der Waals surface area contributed by atoms with Crippen LogP contribution in [0.5, 0.6) is 0 Å². The van der Waals surface area contributed by atoms with E-state index < -0.39 is 6.09 Å². The fraction of sp³-hybridized carbons (Fsp3) is 0. The number of amides is 1. The van der Waals surface area contributed by atoms with Gasteiger partial charge >= 0.3 is 35.7 Å². The van der Waals surface area contributed by atoms with Crippen molar-refractivity contribution in [3.05, 3.63) is 10.4 Å². The molecule has 2 N–H and O–H groups in total. The first kappa shape index (κ1) is 10.7. The van der Waals surface area contributed by atoms with Crippen LogP contribution in [0, 0.1) is 0 Å². The smallest absolute Gasteiger partial charge is 1.00 e. The Balaban J connectivity index is 0. The Hall–Kier alpha value is 0.670. The second kappa shape index (κ2) is 4.53. The average molecular weight is 188 g/mol. The summed E-state index contributed by atoms with van der Waals surface area (Å²) in [5.74, 6) is 0. The van der Waals surface area contributed by atoms with Gasteiger partial charge in [0.1, 0.15) is 0 Å². The molecule has 1 aliphatic rings. The van der Waals surface area contributed by atoms with Crippen molar-refractivity contribution in [3.63, 3.8) is 0 Å². The van der Waals surface area contributed by atoms with Crippen molar-refractivity contribution in [1.29, 1.82) is 0 Å². The van der Waals surface area contributed by atoms with E-state index in [2.05, 4.69) is 17.5 Å². The molecule has 52 valence electrons. The monoisotopic (exact) mass is 188 g/mol. The Morgan fingerprint density at radius 2 is 2.60 bits per heavy atom. The number of hydrazine groups is 1. The molecule has 1 heterocycles. The van der Waals surface area contributed by atoms with Gasteiger partial charge in [-0.2, -0.15) is 4.83 Å². The van der Waals surface area contributed by atoms with Crippen molar-refractivity contribution < 1.29 is 40.9 Å². The van der Waals surface area contributed by atoms with Crippen molar-refractivity contribution in [1.82, 2.24) is 9.84 Å². The number of nitrogens with zero attached hydrogens (tertiary/aromatic N) is 1. The molecule has 0 bridgehead atoms. The predicted molar refractivity (Wildman–Crippen MR) is 38.8 cm³/mol. The fourth-order valence-corrected chi connectivity index (χ4v) is 1.07. The summed E-state index contributed by atoms with van der Waals surface area (Å²) in [5, 5.41) is 9.24. The molecule has 0 unspecified atom stereocenters. The molecule has 0 aromatic carbocycles. The zero-order valence-electron chi connectivity index (χ0n) is 6.24. The Morgan fingerprint density at radius 3 is 2.80 bits per heavy atom. The average Bonchev–Trinajstić information content (AvgIpc) is 2.14. The van der Waals surface area contributed by atoms with Gasteiger partial charge in [0.15, 0.2) is 0 Å². The largest absolute Gasteiger partial charge is 1.00 e. The molecule has 0 spiro atoms. The summed E-state index contributed by atoms with van der Waals surface area (Å²) in [6.45, 7) is 0. The molecule has 0 aromatic rings. The van der Waals surface area contributed by atoms with Gasteiger partial charge in [-0.25, -0.2) is 9.80 Å². The van der Waals surface area contributed by atoms with E-state index in [1.54, 1.807) is 0 Å². The molecule has 1 amide bonds. The van der Waals surface area contributed by atoms with Crippen LogP contribution in [0.4, 0.5) is 4.79 Å². The summed E-state index contributed by atoms with van der Waals surface area (Å²) in [6, 6.07) is 0. The third kappa shape index (κ3) is 2.73. The minimum atomic E-state index is -1.04. The summed E-state index contributed by atoms with van der Waals surface area (Å²) in [4.78, 5) is 12.6. The molecule has 0 fully saturated rings. The van der Waals surface area contributed by atoms with Crippen LogP contribution in [-0.2, 0) is 0 Å². The van der Waals surface area contributed by atoms with Crippen molar-refractivity contribution >= 4 is 30.7 Å². The van der Waals surface area contributed by atoms with Gasteiger partial charge in [0, 0.05) is 0 Å². The van der Waals surface area contributed by atoms with E-state index in [0.717, 1.165) is 17.0 Å². The first-order chi connectivity index (χ1) is 4.20. The Labute approximate surface area is 91.3 Å². The number of carboxylic acid groups (broad SMARTS) is 1. The van der Waals surface area contributed by atoms with E-state index in [1.807, 2.05) is 0 Å². The molecule has 0 saturated carbocycles. The molecule has 4 nitrogen and oxygen atoms in total. The van der Waals surface area contributed by atoms with Gasteiger partial charge in [-0.05, 0) is 11.9 Å². The van der Waals surface area contributed by atoms with Crippen LogP contribution >= 0.6 is 24.6 Å². The van der Waals surface area contributed by atoms with E-state index in [1.165, 1.54) is 6.20 Å². The van der Waals surface area contributed by atoms with Gasteiger partial charge in [0.2, 0.25) is 0 Å². The van der Waals surface area contributed by atoms with Crippen LogP contribution in [-0.4, -0.2) is 16.2 Å². The number of nitrogens with one attached hydrogen (secondary N) is 1. The first-order valence-corrected chi connectivity index (χ1v) is 3.32. The number of hydrogen-bond donors (Lipinski definition) is 3. The molecule has 1 aliphatic heterocycles. The van der Waals surface area contributed by atoms with Crippen LogP contribution in [0.25, 0.3) is 0 Å². The molecule has 7 heteroatoms. The summed E-state index contributed by atoms with van der Waals surface area (Å²) in [6.07, 6.45) is 0.349. The number of thiol groups is 1. The van der Waals surface area contributed by atoms with E-state index in [0.29, 0.717) is 4.24 Å². The maximum absolute atomic E-state index is 10.1. The molecule has 1 rings (SSSR count). The number of carbonyl (C=O) groups is 1. The second-order valence-corrected chi connectivity index (χ2v) is 2.92. The maximum Gasteiger partial charge on any atom is 1.00 e. The van der Waals surface area contributed by atoms with E-state index >= 15 is 0 Å². The Kier molecular flexibility index (Phi) is 4.83. The summed E-state index contributed by atoms with van der Waals surface area (Å²) >= 11 is 5.06. The number of hydrogen-bond acceptors (Lipinski definition) is 4. The SMILES string of the molecule is O=C(O)N1C=C(S)SN1.[H-].[Na+]. The van der Waals surface area contributed by atoms with Crippen LogP contribution < -0.4 is 34.4 Å². The van der Waals surface area contributed by atoms with Crippen LogP contribution in [0.2, 0.25) is 0 Å². The van der Waals surface area contributed by atoms with E-state index in [-0.39, 0.29) is 31.0 Å². The molecule has 0 atom stereocenters. The van der Waals surface area contributed by atoms with Gasteiger partial charge in [-0.3, -0.25) is 0 Å². The van der Waals surface area contributed by atoms with E-state index in [4.69, 9.17) is 5.11 Å². The van der Waals surface area contributed by atoms with Crippen LogP contribution in [0.1, 0.15) is 1.43 Å². The van der Waals surface area contributed by atoms with Gasteiger partial charge in [0.25, 0.3) is 0 Å². The molecule has 0 aromatic heterocycles. The standard InChI is InChI=1S/C3H4N2O2S2.Na.H/c6-3(7)5-1-2(8)9-4-5;;/h1,4,8H,(H,6,7);;/q;+1;-1. The summed E-state index contributed by atoms with van der Waals surface area (Å²) in [5.41, 5.74) is 0. The van der Waals surface area contributed by atoms with Crippen molar-refractivity contribution in [2.24, 2.45) is 0 Å². The predicted octanol–water partition coefficient (Wildman–Crippen LogP) is -2.02.